The summed E-state index contributed by atoms with van der Waals surface area (Å²) in [4.78, 5) is 3.08. The molecule has 1 aromatic rings. The summed E-state index contributed by atoms with van der Waals surface area (Å²) < 4.78 is 73.0. The second-order valence-corrected chi connectivity index (χ2v) is 2.90. The minimum Gasteiger partial charge on any atom is -0.379 e. The molecule has 1 aromatic heterocycles. The van der Waals surface area contributed by atoms with Crippen LogP contribution in [0, 0.1) is 0 Å². The lowest BCUT2D eigenvalue weighted by molar-refractivity contribution is -0.209. The zero-order valence-corrected chi connectivity index (χ0v) is 7.47. The van der Waals surface area contributed by atoms with Crippen LogP contribution < -0.4 is 0 Å². The van der Waals surface area contributed by atoms with E-state index in [9.17, 15) is 26.3 Å². The van der Waals surface area contributed by atoms with Gasteiger partial charge in [0.2, 0.25) is 0 Å². The molecule has 0 unspecified atom stereocenters. The molecule has 0 amide bonds. The molecule has 16 heavy (non-hydrogen) atoms. The van der Waals surface area contributed by atoms with Crippen molar-refractivity contribution in [2.45, 2.75) is 18.5 Å². The van der Waals surface area contributed by atoms with Gasteiger partial charge in [0.15, 0.2) is 6.10 Å². The molecule has 0 aliphatic rings. The van der Waals surface area contributed by atoms with Crippen molar-refractivity contribution in [2.75, 3.05) is 0 Å². The van der Waals surface area contributed by atoms with Crippen LogP contribution in [0.3, 0.4) is 0 Å². The molecule has 0 aliphatic carbocycles. The van der Waals surface area contributed by atoms with Gasteiger partial charge in [0.25, 0.3) is 0 Å². The summed E-state index contributed by atoms with van der Waals surface area (Å²) in [6, 6.07) is 0.487. The summed E-state index contributed by atoms with van der Waals surface area (Å²) in [5, 5.41) is 8.75. The first kappa shape index (κ1) is 12.8. The van der Waals surface area contributed by atoms with Gasteiger partial charge in [-0.2, -0.15) is 26.3 Å². The second kappa shape index (κ2) is 3.93. The second-order valence-electron chi connectivity index (χ2n) is 2.90. The zero-order chi connectivity index (χ0) is 12.6. The predicted octanol–water partition coefficient (Wildman–Crippen LogP) is 2.70. The Bertz CT molecular complexity index is 372. The minimum atomic E-state index is -5.15. The first-order valence-electron chi connectivity index (χ1n) is 3.90. The van der Waals surface area contributed by atoms with Crippen LogP contribution in [0.2, 0.25) is 0 Å². The van der Waals surface area contributed by atoms with Crippen LogP contribution in [0.1, 0.15) is 17.2 Å². The van der Waals surface area contributed by atoms with Gasteiger partial charge >= 0.3 is 12.4 Å². The molecule has 0 aliphatic heterocycles. The van der Waals surface area contributed by atoms with Crippen LogP contribution in [0.15, 0.2) is 18.5 Å². The van der Waals surface area contributed by atoms with E-state index in [2.05, 4.69) is 4.98 Å². The lowest BCUT2D eigenvalue weighted by atomic mass is 10.0. The smallest absolute Gasteiger partial charge is 0.379 e. The van der Waals surface area contributed by atoms with Crippen molar-refractivity contribution in [1.82, 2.24) is 4.98 Å². The highest BCUT2D eigenvalue weighted by molar-refractivity contribution is 5.29. The van der Waals surface area contributed by atoms with Crippen LogP contribution in [-0.4, -0.2) is 16.3 Å². The number of aromatic nitrogens is 1. The Morgan fingerprint density at radius 2 is 1.69 bits per heavy atom. The van der Waals surface area contributed by atoms with Gasteiger partial charge in [-0.15, -0.1) is 0 Å². The molecule has 0 fully saturated rings. The number of hydrogen-bond donors (Lipinski definition) is 1. The molecule has 0 aromatic carbocycles. The van der Waals surface area contributed by atoms with Crippen molar-refractivity contribution in [3.05, 3.63) is 29.6 Å². The maximum atomic E-state index is 12.3. The van der Waals surface area contributed by atoms with Gasteiger partial charge in [-0.3, -0.25) is 4.98 Å². The number of halogens is 6. The van der Waals surface area contributed by atoms with E-state index in [4.69, 9.17) is 5.11 Å². The van der Waals surface area contributed by atoms with Gasteiger partial charge < -0.3 is 5.11 Å². The third kappa shape index (κ3) is 2.63. The molecule has 1 heterocycles. The highest BCUT2D eigenvalue weighted by Crippen LogP contribution is 2.39. The van der Waals surface area contributed by atoms with Crippen molar-refractivity contribution in [1.29, 1.82) is 0 Å². The standard InChI is InChI=1S/C8H5F6NO/c9-7(10,11)5-3-15-2-1-4(5)6(16)8(12,13)14/h1-3,6,16H/t6-/m0/s1. The van der Waals surface area contributed by atoms with Gasteiger partial charge in [-0.1, -0.05) is 0 Å². The van der Waals surface area contributed by atoms with Crippen LogP contribution in [-0.2, 0) is 6.18 Å². The third-order valence-electron chi connectivity index (χ3n) is 1.76. The quantitative estimate of drug-likeness (QED) is 0.771. The number of nitrogens with zero attached hydrogens (tertiary/aromatic N) is 1. The van der Waals surface area contributed by atoms with E-state index < -0.39 is 29.6 Å². The van der Waals surface area contributed by atoms with E-state index in [0.717, 1.165) is 6.20 Å². The van der Waals surface area contributed by atoms with Crippen molar-refractivity contribution in [3.63, 3.8) is 0 Å². The number of rotatable bonds is 1. The molecular formula is C8H5F6NO. The van der Waals surface area contributed by atoms with E-state index in [-0.39, 0.29) is 6.20 Å². The highest BCUT2D eigenvalue weighted by atomic mass is 19.4. The number of hydrogen-bond acceptors (Lipinski definition) is 2. The van der Waals surface area contributed by atoms with E-state index in [1.807, 2.05) is 0 Å². The molecule has 0 saturated carbocycles. The summed E-state index contributed by atoms with van der Waals surface area (Å²) in [6.07, 6.45) is -12.3. The lowest BCUT2D eigenvalue weighted by Gasteiger charge is -2.18. The molecule has 0 bridgehead atoms. The Labute approximate surface area is 85.5 Å². The average Bonchev–Trinajstić information content (AvgIpc) is 2.14. The SMILES string of the molecule is O[C@@H](c1ccncc1C(F)(F)F)C(F)(F)F. The van der Waals surface area contributed by atoms with Crippen LogP contribution in [0.25, 0.3) is 0 Å². The average molecular weight is 245 g/mol. The van der Waals surface area contributed by atoms with Crippen molar-refractivity contribution in [3.8, 4) is 0 Å². The molecule has 8 heteroatoms. The molecule has 90 valence electrons. The maximum absolute atomic E-state index is 12.3. The lowest BCUT2D eigenvalue weighted by Crippen LogP contribution is -2.23. The van der Waals surface area contributed by atoms with Crippen LogP contribution in [0.5, 0.6) is 0 Å². The summed E-state index contributed by atoms with van der Waals surface area (Å²) in [6.45, 7) is 0. The number of aliphatic hydroxyl groups excluding tert-OH is 1. The van der Waals surface area contributed by atoms with E-state index >= 15 is 0 Å². The van der Waals surface area contributed by atoms with E-state index in [1.54, 1.807) is 0 Å². The molecule has 2 nitrogen and oxygen atoms in total. The molecule has 0 radical (unpaired) electrons. The highest BCUT2D eigenvalue weighted by Gasteiger charge is 2.44. The summed E-state index contributed by atoms with van der Waals surface area (Å²) in [7, 11) is 0. The van der Waals surface area contributed by atoms with Gasteiger partial charge in [-0.25, -0.2) is 0 Å². The monoisotopic (exact) mass is 245 g/mol. The number of aliphatic hydroxyl groups is 1. The Hall–Kier alpha value is -1.31. The van der Waals surface area contributed by atoms with Gasteiger partial charge in [0.05, 0.1) is 5.56 Å². The third-order valence-corrected chi connectivity index (χ3v) is 1.76. The Morgan fingerprint density at radius 1 is 1.12 bits per heavy atom. The van der Waals surface area contributed by atoms with Crippen LogP contribution >= 0.6 is 0 Å². The van der Waals surface area contributed by atoms with Gasteiger partial charge in [0.1, 0.15) is 0 Å². The fraction of sp³-hybridized carbons (Fsp3) is 0.375. The largest absolute Gasteiger partial charge is 0.418 e. The zero-order valence-electron chi connectivity index (χ0n) is 7.47. The minimum absolute atomic E-state index is 0.240. The number of pyridine rings is 1. The Kier molecular flexibility index (Phi) is 3.13. The molecule has 1 N–H and O–H groups in total. The maximum Gasteiger partial charge on any atom is 0.418 e. The van der Waals surface area contributed by atoms with E-state index in [0.29, 0.717) is 6.07 Å². The number of alkyl halides is 6. The molecule has 0 spiro atoms. The normalized spacial score (nSPS) is 14.9. The Morgan fingerprint density at radius 3 is 2.12 bits per heavy atom. The fourth-order valence-corrected chi connectivity index (χ4v) is 1.06. The van der Waals surface area contributed by atoms with E-state index in [1.165, 1.54) is 0 Å². The predicted molar refractivity (Wildman–Crippen MR) is 40.3 cm³/mol. The summed E-state index contributed by atoms with van der Waals surface area (Å²) in [5.41, 5.74) is -2.85. The molecule has 0 saturated heterocycles. The Balaban J connectivity index is 3.25. The van der Waals surface area contributed by atoms with Crippen molar-refractivity contribution >= 4 is 0 Å². The first-order chi connectivity index (χ1) is 7.14. The summed E-state index contributed by atoms with van der Waals surface area (Å²) in [5.74, 6) is 0. The molecular weight excluding hydrogens is 240 g/mol. The molecule has 1 atom stereocenters. The van der Waals surface area contributed by atoms with Crippen molar-refractivity contribution < 1.29 is 31.4 Å². The molecule has 1 rings (SSSR count). The fourth-order valence-electron chi connectivity index (χ4n) is 1.06. The van der Waals surface area contributed by atoms with Gasteiger partial charge in [-0.05, 0) is 6.07 Å². The topological polar surface area (TPSA) is 33.1 Å². The summed E-state index contributed by atoms with van der Waals surface area (Å²) >= 11 is 0. The first-order valence-corrected chi connectivity index (χ1v) is 3.90. The van der Waals surface area contributed by atoms with Crippen molar-refractivity contribution in [2.24, 2.45) is 0 Å². The van der Waals surface area contributed by atoms with Crippen LogP contribution in [0.4, 0.5) is 26.3 Å². The van der Waals surface area contributed by atoms with Gasteiger partial charge in [0, 0.05) is 18.0 Å².